The lowest BCUT2D eigenvalue weighted by molar-refractivity contribution is -0.113. The van der Waals surface area contributed by atoms with Crippen molar-refractivity contribution < 1.29 is 17.6 Å². The molecule has 122 valence electrons. The topological polar surface area (TPSA) is 63.2 Å². The van der Waals surface area contributed by atoms with Gasteiger partial charge in [0.05, 0.1) is 5.75 Å². The van der Waals surface area contributed by atoms with Gasteiger partial charge in [0.15, 0.2) is 9.84 Å². The van der Waals surface area contributed by atoms with Crippen LogP contribution < -0.4 is 5.32 Å². The Kier molecular flexibility index (Phi) is 5.62. The van der Waals surface area contributed by atoms with Crippen molar-refractivity contribution in [2.45, 2.75) is 5.75 Å². The van der Waals surface area contributed by atoms with Crippen LogP contribution in [0.5, 0.6) is 0 Å². The molecule has 0 aromatic heterocycles. The lowest BCUT2D eigenvalue weighted by Gasteiger charge is -2.08. The van der Waals surface area contributed by atoms with E-state index in [9.17, 15) is 17.6 Å². The molecule has 0 spiro atoms. The fourth-order valence-electron chi connectivity index (χ4n) is 1.86. The molecular formula is C15H12Cl2FNO3S. The molecule has 2 aromatic rings. The maximum atomic E-state index is 13.0. The highest BCUT2D eigenvalue weighted by Crippen LogP contribution is 2.20. The van der Waals surface area contributed by atoms with Gasteiger partial charge in [-0.3, -0.25) is 4.79 Å². The normalized spacial score (nSPS) is 11.3. The summed E-state index contributed by atoms with van der Waals surface area (Å²) >= 11 is 11.5. The van der Waals surface area contributed by atoms with Gasteiger partial charge in [-0.1, -0.05) is 29.3 Å². The second-order valence-electron chi connectivity index (χ2n) is 4.82. The highest BCUT2D eigenvalue weighted by Gasteiger charge is 2.19. The number of sulfone groups is 1. The Hall–Kier alpha value is -1.63. The molecule has 0 bridgehead atoms. The van der Waals surface area contributed by atoms with Crippen LogP contribution in [0.2, 0.25) is 10.0 Å². The molecule has 0 saturated carbocycles. The predicted octanol–water partition coefficient (Wildman–Crippen LogP) is 3.69. The third-order valence-corrected chi connectivity index (χ3v) is 4.93. The maximum absolute atomic E-state index is 13.0. The van der Waals surface area contributed by atoms with Gasteiger partial charge in [-0.05, 0) is 42.0 Å². The summed E-state index contributed by atoms with van der Waals surface area (Å²) in [5.41, 5.74) is 0.682. The van der Waals surface area contributed by atoms with Crippen LogP contribution in [0.15, 0.2) is 42.5 Å². The zero-order valence-electron chi connectivity index (χ0n) is 11.7. The molecule has 0 aliphatic carbocycles. The van der Waals surface area contributed by atoms with Crippen LogP contribution in [0, 0.1) is 5.82 Å². The van der Waals surface area contributed by atoms with E-state index in [2.05, 4.69) is 5.32 Å². The van der Waals surface area contributed by atoms with Crippen molar-refractivity contribution in [3.63, 3.8) is 0 Å². The first kappa shape index (κ1) is 17.7. The molecule has 0 fully saturated rings. The fraction of sp³-hybridized carbons (Fsp3) is 0.133. The van der Waals surface area contributed by atoms with Gasteiger partial charge in [-0.2, -0.15) is 0 Å². The molecular weight excluding hydrogens is 364 g/mol. The van der Waals surface area contributed by atoms with Gasteiger partial charge in [-0.25, -0.2) is 12.8 Å². The molecule has 0 aliphatic heterocycles. The lowest BCUT2D eigenvalue weighted by Crippen LogP contribution is -2.24. The van der Waals surface area contributed by atoms with E-state index in [1.54, 1.807) is 24.3 Å². The van der Waals surface area contributed by atoms with Gasteiger partial charge in [0, 0.05) is 15.7 Å². The zero-order chi connectivity index (χ0) is 17.0. The Bertz CT molecular complexity index is 823. The molecule has 0 saturated heterocycles. The number of anilines is 1. The highest BCUT2D eigenvalue weighted by molar-refractivity contribution is 7.91. The summed E-state index contributed by atoms with van der Waals surface area (Å²) in [6.07, 6.45) is 0. The Morgan fingerprint density at radius 1 is 1.09 bits per heavy atom. The molecule has 0 aliphatic rings. The standard InChI is InChI=1S/C15H12Cl2FNO3S/c16-11-2-5-13(6-3-11)19-15(20)9-23(21,22)8-10-1-4-12(18)7-14(10)17/h1-7H,8-9H2,(H,19,20). The summed E-state index contributed by atoms with van der Waals surface area (Å²) in [7, 11) is -3.74. The molecule has 0 unspecified atom stereocenters. The minimum Gasteiger partial charge on any atom is -0.325 e. The quantitative estimate of drug-likeness (QED) is 0.866. The SMILES string of the molecule is O=C(CS(=O)(=O)Cc1ccc(F)cc1Cl)Nc1ccc(Cl)cc1. The number of nitrogens with one attached hydrogen (secondary N) is 1. The van der Waals surface area contributed by atoms with E-state index in [1.807, 2.05) is 0 Å². The van der Waals surface area contributed by atoms with E-state index in [1.165, 1.54) is 6.07 Å². The first-order valence-electron chi connectivity index (χ1n) is 6.45. The van der Waals surface area contributed by atoms with Gasteiger partial charge in [0.1, 0.15) is 11.6 Å². The van der Waals surface area contributed by atoms with Gasteiger partial charge in [0.25, 0.3) is 0 Å². The van der Waals surface area contributed by atoms with E-state index in [0.717, 1.165) is 12.1 Å². The second kappa shape index (κ2) is 7.29. The summed E-state index contributed by atoms with van der Waals surface area (Å²) in [6, 6.07) is 9.69. The Morgan fingerprint density at radius 2 is 1.74 bits per heavy atom. The van der Waals surface area contributed by atoms with Crippen LogP contribution in [-0.2, 0) is 20.4 Å². The predicted molar refractivity (Wildman–Crippen MR) is 89.0 cm³/mol. The van der Waals surface area contributed by atoms with Gasteiger partial charge < -0.3 is 5.32 Å². The highest BCUT2D eigenvalue weighted by atomic mass is 35.5. The van der Waals surface area contributed by atoms with Crippen molar-refractivity contribution in [3.8, 4) is 0 Å². The molecule has 1 amide bonds. The van der Waals surface area contributed by atoms with Gasteiger partial charge in [-0.15, -0.1) is 0 Å². The lowest BCUT2D eigenvalue weighted by atomic mass is 10.2. The average Bonchev–Trinajstić information content (AvgIpc) is 2.44. The van der Waals surface area contributed by atoms with Crippen LogP contribution in [0.4, 0.5) is 10.1 Å². The summed E-state index contributed by atoms with van der Waals surface area (Å²) in [6.45, 7) is 0. The summed E-state index contributed by atoms with van der Waals surface area (Å²) in [4.78, 5) is 11.8. The van der Waals surface area contributed by atoms with Gasteiger partial charge >= 0.3 is 0 Å². The number of hydrogen-bond acceptors (Lipinski definition) is 3. The number of carbonyl (C=O) groups excluding carboxylic acids is 1. The first-order chi connectivity index (χ1) is 10.7. The Morgan fingerprint density at radius 3 is 2.35 bits per heavy atom. The summed E-state index contributed by atoms with van der Waals surface area (Å²) < 4.78 is 37.1. The van der Waals surface area contributed by atoms with Crippen molar-refractivity contribution in [1.29, 1.82) is 0 Å². The van der Waals surface area contributed by atoms with E-state index in [-0.39, 0.29) is 10.6 Å². The van der Waals surface area contributed by atoms with E-state index >= 15 is 0 Å². The minimum atomic E-state index is -3.74. The molecule has 0 atom stereocenters. The number of hydrogen-bond donors (Lipinski definition) is 1. The van der Waals surface area contributed by atoms with Crippen molar-refractivity contribution in [1.82, 2.24) is 0 Å². The molecule has 2 aromatic carbocycles. The minimum absolute atomic E-state index is 0.00619. The Balaban J connectivity index is 2.02. The molecule has 1 N–H and O–H groups in total. The number of carbonyl (C=O) groups is 1. The Labute approximate surface area is 143 Å². The molecule has 0 heterocycles. The monoisotopic (exact) mass is 375 g/mol. The van der Waals surface area contributed by atoms with Crippen LogP contribution in [0.1, 0.15) is 5.56 Å². The van der Waals surface area contributed by atoms with Gasteiger partial charge in [0.2, 0.25) is 5.91 Å². The average molecular weight is 376 g/mol. The van der Waals surface area contributed by atoms with Crippen LogP contribution >= 0.6 is 23.2 Å². The molecule has 4 nitrogen and oxygen atoms in total. The number of amides is 1. The first-order valence-corrected chi connectivity index (χ1v) is 9.03. The van der Waals surface area contributed by atoms with E-state index in [4.69, 9.17) is 23.2 Å². The fourth-order valence-corrected chi connectivity index (χ4v) is 3.60. The molecule has 23 heavy (non-hydrogen) atoms. The summed E-state index contributed by atoms with van der Waals surface area (Å²) in [5, 5.41) is 2.97. The van der Waals surface area contributed by atoms with Crippen LogP contribution in [0.25, 0.3) is 0 Å². The third-order valence-electron chi connectivity index (χ3n) is 2.87. The van der Waals surface area contributed by atoms with Crippen molar-refractivity contribution in [2.75, 3.05) is 11.1 Å². The third kappa shape index (κ3) is 5.49. The maximum Gasteiger partial charge on any atom is 0.239 e. The number of halogens is 3. The summed E-state index contributed by atoms with van der Waals surface area (Å²) in [5.74, 6) is -2.38. The van der Waals surface area contributed by atoms with E-state index in [0.29, 0.717) is 10.7 Å². The molecule has 8 heteroatoms. The van der Waals surface area contributed by atoms with Crippen molar-refractivity contribution in [2.24, 2.45) is 0 Å². The van der Waals surface area contributed by atoms with Crippen LogP contribution in [-0.4, -0.2) is 20.1 Å². The molecule has 2 rings (SSSR count). The number of rotatable bonds is 5. The van der Waals surface area contributed by atoms with Crippen molar-refractivity contribution >= 4 is 44.6 Å². The van der Waals surface area contributed by atoms with Crippen LogP contribution in [0.3, 0.4) is 0 Å². The molecule has 0 radical (unpaired) electrons. The van der Waals surface area contributed by atoms with E-state index < -0.39 is 33.1 Å². The second-order valence-corrected chi connectivity index (χ2v) is 7.73. The zero-order valence-corrected chi connectivity index (χ0v) is 14.1. The largest absolute Gasteiger partial charge is 0.325 e. The van der Waals surface area contributed by atoms with Crippen molar-refractivity contribution in [3.05, 3.63) is 63.9 Å². The smallest absolute Gasteiger partial charge is 0.239 e. The number of benzene rings is 2.